The first-order valence-electron chi connectivity index (χ1n) is 10.0. The fourth-order valence-corrected chi connectivity index (χ4v) is 4.59. The van der Waals surface area contributed by atoms with Crippen LogP contribution in [-0.2, 0) is 11.3 Å². The van der Waals surface area contributed by atoms with Crippen molar-refractivity contribution in [3.05, 3.63) is 82.2 Å². The van der Waals surface area contributed by atoms with Gasteiger partial charge in [-0.25, -0.2) is 4.39 Å². The number of thiophene rings is 1. The maximum absolute atomic E-state index is 14.8. The van der Waals surface area contributed by atoms with Crippen LogP contribution < -0.4 is 5.32 Å². The number of amides is 2. The van der Waals surface area contributed by atoms with Gasteiger partial charge in [0.15, 0.2) is 5.76 Å². The molecule has 0 bridgehead atoms. The van der Waals surface area contributed by atoms with E-state index in [2.05, 4.69) is 5.32 Å². The smallest absolute Gasteiger partial charge is 0.290 e. The fourth-order valence-electron chi connectivity index (χ4n) is 3.89. The van der Waals surface area contributed by atoms with Crippen LogP contribution in [0.5, 0.6) is 0 Å². The van der Waals surface area contributed by atoms with E-state index in [1.165, 1.54) is 28.6 Å². The summed E-state index contributed by atoms with van der Waals surface area (Å²) >= 11 is 1.48. The molecule has 1 N–H and O–H groups in total. The van der Waals surface area contributed by atoms with Gasteiger partial charge in [-0.15, -0.1) is 11.3 Å². The monoisotopic (exact) mass is 426 g/mol. The lowest BCUT2D eigenvalue weighted by atomic mass is 10.0. The third-order valence-corrected chi connectivity index (χ3v) is 6.22. The number of hydrogen-bond acceptors (Lipinski definition) is 4. The standard InChI is InChI=1S/C23H23FN2O3S/c24-19-11-4-3-10-18(19)21(22(27)25-16-7-1-2-8-16)26(15-17-9-6-14-30-17)23(28)20-12-5-13-29-20/h3-6,9-14,16,21H,1-2,7-8,15H2,(H,25,27). The highest BCUT2D eigenvalue weighted by Crippen LogP contribution is 2.30. The van der Waals surface area contributed by atoms with Crippen molar-refractivity contribution in [3.8, 4) is 0 Å². The molecular formula is C23H23FN2O3S. The van der Waals surface area contributed by atoms with Gasteiger partial charge in [0.25, 0.3) is 5.91 Å². The second-order valence-corrected chi connectivity index (χ2v) is 8.44. The summed E-state index contributed by atoms with van der Waals surface area (Å²) in [5, 5.41) is 4.94. The van der Waals surface area contributed by atoms with Crippen molar-refractivity contribution in [3.63, 3.8) is 0 Å². The third-order valence-electron chi connectivity index (χ3n) is 5.36. The van der Waals surface area contributed by atoms with E-state index in [9.17, 15) is 14.0 Å². The quantitative estimate of drug-likeness (QED) is 0.583. The molecule has 2 heterocycles. The Labute approximate surface area is 178 Å². The Morgan fingerprint density at radius 3 is 2.60 bits per heavy atom. The van der Waals surface area contributed by atoms with Crippen molar-refractivity contribution in [2.24, 2.45) is 0 Å². The zero-order chi connectivity index (χ0) is 20.9. The number of nitrogens with zero attached hydrogens (tertiary/aromatic N) is 1. The van der Waals surface area contributed by atoms with Crippen molar-refractivity contribution < 1.29 is 18.4 Å². The Morgan fingerprint density at radius 2 is 1.93 bits per heavy atom. The zero-order valence-electron chi connectivity index (χ0n) is 16.4. The highest BCUT2D eigenvalue weighted by atomic mass is 32.1. The molecule has 1 aliphatic carbocycles. The Balaban J connectivity index is 1.74. The largest absolute Gasteiger partial charge is 0.459 e. The van der Waals surface area contributed by atoms with Gasteiger partial charge in [-0.05, 0) is 42.5 Å². The molecule has 2 amide bonds. The van der Waals surface area contributed by atoms with Gasteiger partial charge in [-0.1, -0.05) is 37.1 Å². The van der Waals surface area contributed by atoms with E-state index in [1.54, 1.807) is 30.3 Å². The molecule has 1 aromatic carbocycles. The first-order chi connectivity index (χ1) is 14.6. The number of carbonyl (C=O) groups is 2. The molecule has 1 atom stereocenters. The number of furan rings is 1. The van der Waals surface area contributed by atoms with E-state index in [0.29, 0.717) is 0 Å². The Bertz CT molecular complexity index is 982. The van der Waals surface area contributed by atoms with Crippen LogP contribution in [-0.4, -0.2) is 22.8 Å². The van der Waals surface area contributed by atoms with Crippen LogP contribution in [0.4, 0.5) is 4.39 Å². The molecule has 1 fully saturated rings. The molecule has 0 radical (unpaired) electrons. The number of rotatable bonds is 7. The van der Waals surface area contributed by atoms with Crippen molar-refractivity contribution in [2.75, 3.05) is 0 Å². The topological polar surface area (TPSA) is 62.6 Å². The number of nitrogens with one attached hydrogen (secondary N) is 1. The third kappa shape index (κ3) is 4.46. The molecule has 1 saturated carbocycles. The zero-order valence-corrected chi connectivity index (χ0v) is 17.2. The van der Waals surface area contributed by atoms with Gasteiger partial charge in [0, 0.05) is 16.5 Å². The van der Waals surface area contributed by atoms with Gasteiger partial charge in [0.05, 0.1) is 12.8 Å². The summed E-state index contributed by atoms with van der Waals surface area (Å²) in [6, 6.07) is 12.0. The summed E-state index contributed by atoms with van der Waals surface area (Å²) in [4.78, 5) is 29.0. The molecule has 4 rings (SSSR count). The molecule has 30 heavy (non-hydrogen) atoms. The van der Waals surface area contributed by atoms with Crippen molar-refractivity contribution >= 4 is 23.2 Å². The highest BCUT2D eigenvalue weighted by Gasteiger charge is 2.36. The minimum absolute atomic E-state index is 0.0501. The van der Waals surface area contributed by atoms with Gasteiger partial charge in [-0.2, -0.15) is 0 Å². The second kappa shape index (κ2) is 9.26. The normalized spacial score (nSPS) is 15.1. The molecule has 0 aliphatic heterocycles. The number of halogens is 1. The molecular weight excluding hydrogens is 403 g/mol. The van der Waals surface area contributed by atoms with E-state index < -0.39 is 17.8 Å². The molecule has 156 valence electrons. The van der Waals surface area contributed by atoms with Crippen molar-refractivity contribution in [1.29, 1.82) is 0 Å². The Hall–Kier alpha value is -2.93. The first kappa shape index (κ1) is 20.3. The maximum Gasteiger partial charge on any atom is 0.290 e. The van der Waals surface area contributed by atoms with E-state index in [-0.39, 0.29) is 29.8 Å². The Morgan fingerprint density at radius 1 is 1.13 bits per heavy atom. The second-order valence-electron chi connectivity index (χ2n) is 7.40. The summed E-state index contributed by atoms with van der Waals surface area (Å²) in [6.45, 7) is 0.175. The minimum atomic E-state index is -1.11. The van der Waals surface area contributed by atoms with Crippen molar-refractivity contribution in [2.45, 2.75) is 44.3 Å². The fraction of sp³-hybridized carbons (Fsp3) is 0.304. The average molecular weight is 427 g/mol. The SMILES string of the molecule is O=C(NC1CCCC1)C(c1ccccc1F)N(Cc1cccs1)C(=O)c1ccco1. The first-order valence-corrected chi connectivity index (χ1v) is 10.9. The van der Waals surface area contributed by atoms with Crippen LogP contribution in [0.15, 0.2) is 64.6 Å². The summed E-state index contributed by atoms with van der Waals surface area (Å²) in [5.41, 5.74) is 0.171. The maximum atomic E-state index is 14.8. The number of benzene rings is 1. The highest BCUT2D eigenvalue weighted by molar-refractivity contribution is 7.09. The van der Waals surface area contributed by atoms with Crippen molar-refractivity contribution in [1.82, 2.24) is 10.2 Å². The number of carbonyl (C=O) groups excluding carboxylic acids is 2. The molecule has 1 aliphatic rings. The lowest BCUT2D eigenvalue weighted by molar-refractivity contribution is -0.127. The molecule has 0 spiro atoms. The van der Waals surface area contributed by atoms with Gasteiger partial charge >= 0.3 is 0 Å². The van der Waals surface area contributed by atoms with Crippen LogP contribution in [0.1, 0.15) is 52.7 Å². The van der Waals surface area contributed by atoms with E-state index in [4.69, 9.17) is 4.42 Å². The molecule has 1 unspecified atom stereocenters. The van der Waals surface area contributed by atoms with Gasteiger partial charge in [-0.3, -0.25) is 9.59 Å². The van der Waals surface area contributed by atoms with Gasteiger partial charge in [0.1, 0.15) is 11.9 Å². The van der Waals surface area contributed by atoms with Crippen LogP contribution in [0, 0.1) is 5.82 Å². The summed E-state index contributed by atoms with van der Waals surface area (Å²) in [5.74, 6) is -1.24. The molecule has 0 saturated heterocycles. The van der Waals surface area contributed by atoms with Crippen LogP contribution in [0.25, 0.3) is 0 Å². The molecule has 5 nitrogen and oxygen atoms in total. The average Bonchev–Trinajstić information content (AvgIpc) is 3.52. The predicted molar refractivity (Wildman–Crippen MR) is 112 cm³/mol. The minimum Gasteiger partial charge on any atom is -0.459 e. The van der Waals surface area contributed by atoms with Crippen LogP contribution in [0.3, 0.4) is 0 Å². The lowest BCUT2D eigenvalue weighted by Gasteiger charge is -2.31. The lowest BCUT2D eigenvalue weighted by Crippen LogP contribution is -2.46. The van der Waals surface area contributed by atoms with Gasteiger partial charge < -0.3 is 14.6 Å². The molecule has 2 aromatic heterocycles. The van der Waals surface area contributed by atoms with E-state index >= 15 is 0 Å². The molecule has 7 heteroatoms. The van der Waals surface area contributed by atoms with E-state index in [1.807, 2.05) is 17.5 Å². The van der Waals surface area contributed by atoms with E-state index in [0.717, 1.165) is 30.6 Å². The van der Waals surface area contributed by atoms with Crippen LogP contribution in [0.2, 0.25) is 0 Å². The Kier molecular flexibility index (Phi) is 6.28. The summed E-state index contributed by atoms with van der Waals surface area (Å²) in [7, 11) is 0. The summed E-state index contributed by atoms with van der Waals surface area (Å²) in [6.07, 6.45) is 5.31. The molecule has 3 aromatic rings. The van der Waals surface area contributed by atoms with Crippen LogP contribution >= 0.6 is 11.3 Å². The van der Waals surface area contributed by atoms with Gasteiger partial charge in [0.2, 0.25) is 5.91 Å². The predicted octanol–water partition coefficient (Wildman–Crippen LogP) is 4.92. The number of hydrogen-bond donors (Lipinski definition) is 1. The summed E-state index contributed by atoms with van der Waals surface area (Å²) < 4.78 is 20.1.